The molecule has 0 spiro atoms. The van der Waals surface area contributed by atoms with E-state index in [1.807, 2.05) is 86.3 Å². The van der Waals surface area contributed by atoms with E-state index in [1.54, 1.807) is 11.8 Å². The number of hydrogen-bond donors (Lipinski definition) is 3. The standard InChI is InChI=1S/C35H44N8O4/c1-23(2)32-33-37-24(3)40-43(33)22-31(45)36-16-9-18-42(35(47)27-14-13-26-15-19-41(4)29(26)21-27)17-8-12-30(44)38-28(34(46)39-32)20-25-10-6-5-7-11-25/h5-7,10-11,13-15,19,21,23,28,32H,8-9,12,16-18,20,22H2,1-4H3,(H,36,45)(H,38,44)(H,39,46)/t28-,32+/m1/s1. The minimum Gasteiger partial charge on any atom is -0.354 e. The first-order chi connectivity index (χ1) is 22.6. The number of rotatable bonds is 4. The van der Waals surface area contributed by atoms with Gasteiger partial charge < -0.3 is 25.4 Å². The SMILES string of the molecule is Cc1nc2n(n1)CC(=O)NCCCN(C(=O)c1ccc3ccn(C)c3c1)CCCC(=O)N[C@H](Cc1ccccc1)C(=O)N[C@H]2C(C)C. The van der Waals surface area contributed by atoms with E-state index in [1.165, 1.54) is 4.68 Å². The van der Waals surface area contributed by atoms with Crippen LogP contribution in [0.4, 0.5) is 0 Å². The van der Waals surface area contributed by atoms with E-state index < -0.39 is 12.1 Å². The first-order valence-corrected chi connectivity index (χ1v) is 16.2. The van der Waals surface area contributed by atoms with Crippen molar-refractivity contribution in [3.05, 3.63) is 83.6 Å². The zero-order valence-electron chi connectivity index (χ0n) is 27.5. The van der Waals surface area contributed by atoms with Gasteiger partial charge in [0.1, 0.15) is 18.4 Å². The Balaban J connectivity index is 1.40. The Morgan fingerprint density at radius 3 is 2.51 bits per heavy atom. The molecule has 12 heteroatoms. The van der Waals surface area contributed by atoms with Gasteiger partial charge in [-0.25, -0.2) is 9.67 Å². The van der Waals surface area contributed by atoms with Crippen molar-refractivity contribution in [2.45, 2.75) is 65.1 Å². The molecular formula is C35H44N8O4. The number of amides is 4. The van der Waals surface area contributed by atoms with Gasteiger partial charge in [0.2, 0.25) is 17.7 Å². The van der Waals surface area contributed by atoms with Crippen LogP contribution in [0.5, 0.6) is 0 Å². The van der Waals surface area contributed by atoms with Crippen LogP contribution in [-0.4, -0.2) is 73.5 Å². The molecule has 0 aliphatic carbocycles. The number of hydrogen-bond acceptors (Lipinski definition) is 6. The number of benzene rings is 2. The Labute approximate surface area is 274 Å². The molecule has 4 amide bonds. The predicted molar refractivity (Wildman–Crippen MR) is 178 cm³/mol. The molecule has 4 aromatic rings. The number of aryl methyl sites for hydroxylation is 2. The summed E-state index contributed by atoms with van der Waals surface area (Å²) in [6.07, 6.45) is 3.33. The normalized spacial score (nSPS) is 19.0. The van der Waals surface area contributed by atoms with Crippen LogP contribution in [0.3, 0.4) is 0 Å². The highest BCUT2D eigenvalue weighted by Crippen LogP contribution is 2.22. The summed E-state index contributed by atoms with van der Waals surface area (Å²) in [5.41, 5.74) is 2.41. The minimum atomic E-state index is -0.847. The maximum Gasteiger partial charge on any atom is 0.253 e. The smallest absolute Gasteiger partial charge is 0.253 e. The van der Waals surface area contributed by atoms with E-state index in [-0.39, 0.29) is 42.5 Å². The third-order valence-electron chi connectivity index (χ3n) is 8.46. The van der Waals surface area contributed by atoms with Crippen molar-refractivity contribution in [1.29, 1.82) is 0 Å². The molecule has 47 heavy (non-hydrogen) atoms. The van der Waals surface area contributed by atoms with Gasteiger partial charge in [0.15, 0.2) is 5.82 Å². The topological polar surface area (TPSA) is 143 Å². The maximum absolute atomic E-state index is 13.8. The van der Waals surface area contributed by atoms with Gasteiger partial charge in [-0.15, -0.1) is 0 Å². The second kappa shape index (κ2) is 15.1. The van der Waals surface area contributed by atoms with E-state index in [0.29, 0.717) is 56.1 Å². The molecule has 0 saturated carbocycles. The van der Waals surface area contributed by atoms with E-state index in [0.717, 1.165) is 16.5 Å². The summed E-state index contributed by atoms with van der Waals surface area (Å²) in [4.78, 5) is 60.2. The minimum absolute atomic E-state index is 0.0707. The highest BCUT2D eigenvalue weighted by Gasteiger charge is 2.30. The largest absolute Gasteiger partial charge is 0.354 e. The van der Waals surface area contributed by atoms with E-state index in [9.17, 15) is 19.2 Å². The first kappa shape index (κ1) is 33.4. The van der Waals surface area contributed by atoms with Crippen molar-refractivity contribution in [3.63, 3.8) is 0 Å². The van der Waals surface area contributed by atoms with Gasteiger partial charge in [-0.2, -0.15) is 5.10 Å². The van der Waals surface area contributed by atoms with Crippen LogP contribution >= 0.6 is 0 Å². The van der Waals surface area contributed by atoms with Gasteiger partial charge >= 0.3 is 0 Å². The monoisotopic (exact) mass is 640 g/mol. The van der Waals surface area contributed by atoms with Crippen LogP contribution in [0.15, 0.2) is 60.8 Å². The number of carbonyl (C=O) groups is 4. The van der Waals surface area contributed by atoms with Crippen molar-refractivity contribution in [2.24, 2.45) is 13.0 Å². The maximum atomic E-state index is 13.8. The van der Waals surface area contributed by atoms with Gasteiger partial charge in [0.05, 0.1) is 6.04 Å². The lowest BCUT2D eigenvalue weighted by atomic mass is 10.0. The summed E-state index contributed by atoms with van der Waals surface area (Å²) in [7, 11) is 1.94. The van der Waals surface area contributed by atoms with Crippen molar-refractivity contribution in [3.8, 4) is 0 Å². The van der Waals surface area contributed by atoms with Crippen molar-refractivity contribution in [1.82, 2.24) is 40.2 Å². The first-order valence-electron chi connectivity index (χ1n) is 16.2. The summed E-state index contributed by atoms with van der Waals surface area (Å²) in [6.45, 7) is 6.69. The molecule has 0 bridgehead atoms. The van der Waals surface area contributed by atoms with Crippen LogP contribution < -0.4 is 16.0 Å². The zero-order valence-corrected chi connectivity index (χ0v) is 27.5. The molecule has 2 atom stereocenters. The van der Waals surface area contributed by atoms with Gasteiger partial charge in [0.25, 0.3) is 5.91 Å². The van der Waals surface area contributed by atoms with Crippen LogP contribution in [0.25, 0.3) is 10.9 Å². The van der Waals surface area contributed by atoms with Crippen molar-refractivity contribution < 1.29 is 19.2 Å². The number of nitrogens with zero attached hydrogens (tertiary/aromatic N) is 5. The number of aromatic nitrogens is 4. The fourth-order valence-corrected chi connectivity index (χ4v) is 5.94. The molecular weight excluding hydrogens is 596 g/mol. The molecule has 1 aliphatic rings. The Morgan fingerprint density at radius 1 is 0.979 bits per heavy atom. The molecule has 0 fully saturated rings. The summed E-state index contributed by atoms with van der Waals surface area (Å²) < 4.78 is 3.50. The third kappa shape index (κ3) is 8.43. The Bertz CT molecular complexity index is 1730. The molecule has 2 aromatic heterocycles. The lowest BCUT2D eigenvalue weighted by molar-refractivity contribution is -0.129. The van der Waals surface area contributed by atoms with Crippen LogP contribution in [0.2, 0.25) is 0 Å². The Kier molecular flexibility index (Phi) is 10.7. The summed E-state index contributed by atoms with van der Waals surface area (Å²) in [6, 6.07) is 15.8. The molecule has 3 heterocycles. The highest BCUT2D eigenvalue weighted by atomic mass is 16.2. The van der Waals surface area contributed by atoms with E-state index in [4.69, 9.17) is 0 Å². The fourth-order valence-electron chi connectivity index (χ4n) is 5.94. The molecule has 5 rings (SSSR count). The predicted octanol–water partition coefficient (Wildman–Crippen LogP) is 3.06. The quantitative estimate of drug-likeness (QED) is 0.313. The molecule has 1 aliphatic heterocycles. The zero-order chi connectivity index (χ0) is 33.5. The fraction of sp³-hybridized carbons (Fsp3) is 0.429. The highest BCUT2D eigenvalue weighted by molar-refractivity contribution is 5.98. The number of nitrogens with one attached hydrogen (secondary N) is 3. The van der Waals surface area contributed by atoms with Crippen LogP contribution in [-0.2, 0) is 34.4 Å². The molecule has 0 saturated heterocycles. The van der Waals surface area contributed by atoms with Gasteiger partial charge in [-0.05, 0) is 54.8 Å². The Morgan fingerprint density at radius 2 is 1.74 bits per heavy atom. The second-order valence-electron chi connectivity index (χ2n) is 12.5. The van der Waals surface area contributed by atoms with Crippen LogP contribution in [0, 0.1) is 12.8 Å². The molecule has 0 unspecified atom stereocenters. The third-order valence-corrected chi connectivity index (χ3v) is 8.46. The van der Waals surface area contributed by atoms with Crippen LogP contribution in [0.1, 0.15) is 66.7 Å². The van der Waals surface area contributed by atoms with Gasteiger partial charge in [0, 0.05) is 56.8 Å². The number of carbonyl (C=O) groups excluding carboxylic acids is 4. The summed E-state index contributed by atoms with van der Waals surface area (Å²) in [5.74, 6) is -0.132. The van der Waals surface area contributed by atoms with E-state index >= 15 is 0 Å². The van der Waals surface area contributed by atoms with E-state index in [2.05, 4.69) is 26.0 Å². The lowest BCUT2D eigenvalue weighted by Gasteiger charge is -2.26. The van der Waals surface area contributed by atoms with Crippen molar-refractivity contribution >= 4 is 34.5 Å². The summed E-state index contributed by atoms with van der Waals surface area (Å²) >= 11 is 0. The molecule has 12 nitrogen and oxygen atoms in total. The average molecular weight is 641 g/mol. The Hall–Kier alpha value is -5.00. The van der Waals surface area contributed by atoms with Crippen molar-refractivity contribution in [2.75, 3.05) is 19.6 Å². The molecule has 2 aromatic carbocycles. The van der Waals surface area contributed by atoms with Gasteiger partial charge in [-0.1, -0.05) is 50.2 Å². The molecule has 248 valence electrons. The lowest BCUT2D eigenvalue weighted by Crippen LogP contribution is -2.50. The number of fused-ring (bicyclic) bond motifs is 2. The molecule has 3 N–H and O–H groups in total. The average Bonchev–Trinajstić information content (AvgIpc) is 3.60. The summed E-state index contributed by atoms with van der Waals surface area (Å²) in [5, 5.41) is 14.5. The molecule has 0 radical (unpaired) electrons. The second-order valence-corrected chi connectivity index (χ2v) is 12.5. The van der Waals surface area contributed by atoms with Gasteiger partial charge in [-0.3, -0.25) is 19.2 Å².